The Balaban J connectivity index is 2.52. The van der Waals surface area contributed by atoms with E-state index in [4.69, 9.17) is 9.47 Å². The molecule has 1 unspecified atom stereocenters. The van der Waals surface area contributed by atoms with E-state index in [1.807, 2.05) is 4.90 Å². The molecule has 1 heterocycles. The summed E-state index contributed by atoms with van der Waals surface area (Å²) in [5.41, 5.74) is 0. The molecule has 1 atom stereocenters. The summed E-state index contributed by atoms with van der Waals surface area (Å²) in [7, 11) is 3.21. The fourth-order valence-corrected chi connectivity index (χ4v) is 2.34. The van der Waals surface area contributed by atoms with Gasteiger partial charge in [-0.05, 0) is 24.7 Å². The molecule has 1 aliphatic heterocycles. The first-order valence-electron chi connectivity index (χ1n) is 6.41. The van der Waals surface area contributed by atoms with Crippen molar-refractivity contribution in [3.05, 3.63) is 0 Å². The lowest BCUT2D eigenvalue weighted by Crippen LogP contribution is -2.38. The van der Waals surface area contributed by atoms with Crippen LogP contribution < -0.4 is 0 Å². The molecule has 0 aromatic heterocycles. The minimum absolute atomic E-state index is 0.229. The van der Waals surface area contributed by atoms with Crippen molar-refractivity contribution in [1.82, 2.24) is 4.90 Å². The van der Waals surface area contributed by atoms with Gasteiger partial charge in [0, 0.05) is 27.2 Å². The Bertz CT molecular complexity index is 239. The summed E-state index contributed by atoms with van der Waals surface area (Å²) in [5.74, 6) is 1.54. The molecule has 0 radical (unpaired) electrons. The van der Waals surface area contributed by atoms with Gasteiger partial charge in [0.15, 0.2) is 6.29 Å². The summed E-state index contributed by atoms with van der Waals surface area (Å²) in [6, 6.07) is 0. The molecule has 1 saturated heterocycles. The third kappa shape index (κ3) is 4.28. The zero-order valence-electron chi connectivity index (χ0n) is 11.4. The van der Waals surface area contributed by atoms with Gasteiger partial charge >= 0.3 is 0 Å². The van der Waals surface area contributed by atoms with E-state index in [1.165, 1.54) is 0 Å². The fourth-order valence-electron chi connectivity index (χ4n) is 2.34. The summed E-state index contributed by atoms with van der Waals surface area (Å²) in [6.45, 7) is 5.83. The number of carbonyl (C=O) groups excluding carboxylic acids is 1. The fraction of sp³-hybridized carbons (Fsp3) is 0.923. The van der Waals surface area contributed by atoms with Gasteiger partial charge in [-0.3, -0.25) is 4.79 Å². The number of amides is 1. The number of rotatable bonds is 5. The van der Waals surface area contributed by atoms with E-state index in [-0.39, 0.29) is 12.2 Å². The minimum Gasteiger partial charge on any atom is -0.354 e. The Morgan fingerprint density at radius 3 is 2.47 bits per heavy atom. The number of ether oxygens (including phenoxy) is 2. The van der Waals surface area contributed by atoms with E-state index >= 15 is 0 Å². The second kappa shape index (κ2) is 6.97. The lowest BCUT2D eigenvalue weighted by molar-refractivity contribution is -0.144. The maximum atomic E-state index is 12.0. The van der Waals surface area contributed by atoms with Crippen molar-refractivity contribution in [2.75, 3.05) is 27.3 Å². The maximum Gasteiger partial charge on any atom is 0.222 e. The normalized spacial score (nSPS) is 22.4. The zero-order valence-corrected chi connectivity index (χ0v) is 11.4. The SMILES string of the molecule is COC(CN1CCC(C(C)C)CCC1=O)OC. The second-order valence-corrected chi connectivity index (χ2v) is 5.07. The maximum absolute atomic E-state index is 12.0. The van der Waals surface area contributed by atoms with Gasteiger partial charge in [-0.1, -0.05) is 13.8 Å². The van der Waals surface area contributed by atoms with Gasteiger partial charge in [0.2, 0.25) is 5.91 Å². The summed E-state index contributed by atoms with van der Waals surface area (Å²) in [4.78, 5) is 13.8. The topological polar surface area (TPSA) is 38.8 Å². The smallest absolute Gasteiger partial charge is 0.222 e. The molecule has 100 valence electrons. The zero-order chi connectivity index (χ0) is 12.8. The van der Waals surface area contributed by atoms with Gasteiger partial charge in [0.25, 0.3) is 0 Å². The molecular formula is C13H25NO3. The number of likely N-dealkylation sites (tertiary alicyclic amines) is 1. The molecule has 1 fully saturated rings. The lowest BCUT2D eigenvalue weighted by Gasteiger charge is -2.25. The van der Waals surface area contributed by atoms with Gasteiger partial charge < -0.3 is 14.4 Å². The van der Waals surface area contributed by atoms with Crippen molar-refractivity contribution in [2.45, 2.75) is 39.4 Å². The van der Waals surface area contributed by atoms with Gasteiger partial charge in [0.1, 0.15) is 0 Å². The molecular weight excluding hydrogens is 218 g/mol. The molecule has 4 heteroatoms. The summed E-state index contributed by atoms with van der Waals surface area (Å²) >= 11 is 0. The summed E-state index contributed by atoms with van der Waals surface area (Å²) < 4.78 is 10.3. The van der Waals surface area contributed by atoms with Gasteiger partial charge in [-0.15, -0.1) is 0 Å². The van der Waals surface area contributed by atoms with E-state index in [0.29, 0.717) is 24.8 Å². The van der Waals surface area contributed by atoms with E-state index in [2.05, 4.69) is 13.8 Å². The molecule has 0 saturated carbocycles. The van der Waals surface area contributed by atoms with Crippen LogP contribution in [0.4, 0.5) is 0 Å². The molecule has 1 rings (SSSR count). The number of hydrogen-bond acceptors (Lipinski definition) is 3. The number of nitrogens with zero attached hydrogens (tertiary/aromatic N) is 1. The average Bonchev–Trinajstić information content (AvgIpc) is 2.49. The third-order valence-corrected chi connectivity index (χ3v) is 3.69. The van der Waals surface area contributed by atoms with Crippen LogP contribution in [0.25, 0.3) is 0 Å². The van der Waals surface area contributed by atoms with Crippen LogP contribution in [-0.2, 0) is 14.3 Å². The largest absolute Gasteiger partial charge is 0.354 e. The van der Waals surface area contributed by atoms with Gasteiger partial charge in [-0.2, -0.15) is 0 Å². The molecule has 1 aliphatic rings. The van der Waals surface area contributed by atoms with Crippen LogP contribution in [0.15, 0.2) is 0 Å². The van der Waals surface area contributed by atoms with E-state index in [1.54, 1.807) is 14.2 Å². The highest BCUT2D eigenvalue weighted by atomic mass is 16.7. The minimum atomic E-state index is -0.311. The molecule has 0 spiro atoms. The van der Waals surface area contributed by atoms with Crippen LogP contribution in [-0.4, -0.2) is 44.4 Å². The first-order valence-corrected chi connectivity index (χ1v) is 6.41. The number of hydrogen-bond donors (Lipinski definition) is 0. The highest BCUT2D eigenvalue weighted by Crippen LogP contribution is 2.25. The Kier molecular flexibility index (Phi) is 5.92. The monoisotopic (exact) mass is 243 g/mol. The predicted octanol–water partition coefficient (Wildman–Crippen LogP) is 1.89. The molecule has 0 bridgehead atoms. The molecule has 0 aliphatic carbocycles. The van der Waals surface area contributed by atoms with Crippen molar-refractivity contribution in [2.24, 2.45) is 11.8 Å². The number of carbonyl (C=O) groups is 1. The highest BCUT2D eigenvalue weighted by molar-refractivity contribution is 5.76. The van der Waals surface area contributed by atoms with E-state index in [9.17, 15) is 4.79 Å². The van der Waals surface area contributed by atoms with Crippen LogP contribution in [0.1, 0.15) is 33.1 Å². The molecule has 0 aromatic rings. The quantitative estimate of drug-likeness (QED) is 0.692. The highest BCUT2D eigenvalue weighted by Gasteiger charge is 2.25. The van der Waals surface area contributed by atoms with Gasteiger partial charge in [0.05, 0.1) is 6.54 Å². The molecule has 1 amide bonds. The second-order valence-electron chi connectivity index (χ2n) is 5.07. The summed E-state index contributed by atoms with van der Waals surface area (Å²) in [5, 5.41) is 0. The standard InChI is InChI=1S/C13H25NO3/c1-10(2)11-5-6-12(15)14(8-7-11)9-13(16-3)17-4/h10-11,13H,5-9H2,1-4H3. The van der Waals surface area contributed by atoms with Crippen LogP contribution in [0.5, 0.6) is 0 Å². The van der Waals surface area contributed by atoms with Crippen LogP contribution >= 0.6 is 0 Å². The first-order chi connectivity index (χ1) is 8.08. The third-order valence-electron chi connectivity index (χ3n) is 3.69. The molecule has 0 N–H and O–H groups in total. The first kappa shape index (κ1) is 14.5. The Labute approximate surface area is 104 Å². The molecule has 0 aromatic carbocycles. The predicted molar refractivity (Wildman–Crippen MR) is 66.6 cm³/mol. The molecule has 17 heavy (non-hydrogen) atoms. The van der Waals surface area contributed by atoms with Crippen molar-refractivity contribution in [3.63, 3.8) is 0 Å². The Morgan fingerprint density at radius 2 is 1.94 bits per heavy atom. The molecule has 4 nitrogen and oxygen atoms in total. The van der Waals surface area contributed by atoms with E-state index < -0.39 is 0 Å². The number of methoxy groups -OCH3 is 2. The lowest BCUT2D eigenvalue weighted by atomic mass is 9.89. The Morgan fingerprint density at radius 1 is 1.29 bits per heavy atom. The van der Waals surface area contributed by atoms with Gasteiger partial charge in [-0.25, -0.2) is 0 Å². The van der Waals surface area contributed by atoms with Crippen LogP contribution in [0, 0.1) is 11.8 Å². The average molecular weight is 243 g/mol. The van der Waals surface area contributed by atoms with Crippen molar-refractivity contribution in [3.8, 4) is 0 Å². The summed E-state index contributed by atoms with van der Waals surface area (Å²) in [6.07, 6.45) is 2.44. The van der Waals surface area contributed by atoms with E-state index in [0.717, 1.165) is 19.4 Å². The van der Waals surface area contributed by atoms with Crippen molar-refractivity contribution < 1.29 is 14.3 Å². The van der Waals surface area contributed by atoms with Crippen LogP contribution in [0.3, 0.4) is 0 Å². The van der Waals surface area contributed by atoms with Crippen molar-refractivity contribution in [1.29, 1.82) is 0 Å². The van der Waals surface area contributed by atoms with Crippen LogP contribution in [0.2, 0.25) is 0 Å². The Hall–Kier alpha value is -0.610. The van der Waals surface area contributed by atoms with Crippen molar-refractivity contribution >= 4 is 5.91 Å².